The van der Waals surface area contributed by atoms with Crippen LogP contribution in [0.4, 0.5) is 8.78 Å². The molecule has 0 unspecified atom stereocenters. The Morgan fingerprint density at radius 3 is 2.35 bits per heavy atom. The van der Waals surface area contributed by atoms with Gasteiger partial charge in [0, 0.05) is 18.1 Å². The Morgan fingerprint density at radius 1 is 1.12 bits per heavy atom. The Bertz CT molecular complexity index is 694. The van der Waals surface area contributed by atoms with Crippen molar-refractivity contribution < 1.29 is 18.3 Å². The Labute approximate surface area is 156 Å². The maximum Gasteiger partial charge on any atom is 0.387 e. The fourth-order valence-electron chi connectivity index (χ4n) is 2.44. The van der Waals surface area contributed by atoms with Gasteiger partial charge in [0.1, 0.15) is 5.75 Å². The predicted molar refractivity (Wildman–Crippen MR) is 97.6 cm³/mol. The number of amides is 1. The summed E-state index contributed by atoms with van der Waals surface area (Å²) in [5.41, 5.74) is 2.01. The molecule has 0 spiro atoms. The second-order valence-corrected chi connectivity index (χ2v) is 6.36. The van der Waals surface area contributed by atoms with Gasteiger partial charge in [0.05, 0.1) is 6.54 Å². The molecule has 0 aliphatic heterocycles. The molecule has 1 N–H and O–H groups in total. The van der Waals surface area contributed by atoms with Crippen LogP contribution in [0.15, 0.2) is 48.5 Å². The van der Waals surface area contributed by atoms with Gasteiger partial charge in [-0.05, 0) is 48.9 Å². The molecule has 0 saturated carbocycles. The summed E-state index contributed by atoms with van der Waals surface area (Å²) < 4.78 is 28.6. The lowest BCUT2D eigenvalue weighted by atomic mass is 10.1. The first-order chi connectivity index (χ1) is 12.4. The summed E-state index contributed by atoms with van der Waals surface area (Å²) >= 11 is 5.84. The Hall–Kier alpha value is -2.18. The highest BCUT2D eigenvalue weighted by molar-refractivity contribution is 6.30. The normalized spacial score (nSPS) is 11.0. The van der Waals surface area contributed by atoms with Crippen molar-refractivity contribution >= 4 is 17.5 Å². The van der Waals surface area contributed by atoms with Gasteiger partial charge in [0.15, 0.2) is 0 Å². The molecule has 0 aliphatic rings. The van der Waals surface area contributed by atoms with Gasteiger partial charge in [-0.15, -0.1) is 0 Å². The van der Waals surface area contributed by atoms with Gasteiger partial charge in [-0.3, -0.25) is 9.69 Å². The molecule has 0 atom stereocenters. The van der Waals surface area contributed by atoms with E-state index in [2.05, 4.69) is 10.1 Å². The van der Waals surface area contributed by atoms with E-state index in [1.165, 1.54) is 12.1 Å². The van der Waals surface area contributed by atoms with Crippen LogP contribution in [-0.2, 0) is 17.8 Å². The van der Waals surface area contributed by atoms with E-state index in [1.54, 1.807) is 12.1 Å². The number of likely N-dealkylation sites (N-methyl/N-ethyl adjacent to an activating group) is 1. The standard InChI is InChI=1S/C19H21ClF2N2O2/c1-24(12-15-4-8-17(9-5-15)26-19(21)22)13-18(25)23-11-10-14-2-6-16(20)7-3-14/h2-9,19H,10-13H2,1H3,(H,23,25). The first-order valence-electron chi connectivity index (χ1n) is 8.16. The van der Waals surface area contributed by atoms with Gasteiger partial charge < -0.3 is 10.1 Å². The summed E-state index contributed by atoms with van der Waals surface area (Å²) in [5, 5.41) is 3.56. The minimum absolute atomic E-state index is 0.0703. The minimum atomic E-state index is -2.83. The van der Waals surface area contributed by atoms with Crippen LogP contribution in [0.3, 0.4) is 0 Å². The molecule has 7 heteroatoms. The first-order valence-corrected chi connectivity index (χ1v) is 8.53. The van der Waals surface area contributed by atoms with Gasteiger partial charge in [-0.1, -0.05) is 35.9 Å². The molecule has 0 fully saturated rings. The van der Waals surface area contributed by atoms with Crippen molar-refractivity contribution in [1.82, 2.24) is 10.2 Å². The molecule has 1 amide bonds. The van der Waals surface area contributed by atoms with E-state index < -0.39 is 6.61 Å². The molecule has 0 saturated heterocycles. The second kappa shape index (κ2) is 10.1. The van der Waals surface area contributed by atoms with E-state index in [9.17, 15) is 13.6 Å². The highest BCUT2D eigenvalue weighted by Crippen LogP contribution is 2.15. The number of benzene rings is 2. The van der Waals surface area contributed by atoms with E-state index >= 15 is 0 Å². The van der Waals surface area contributed by atoms with E-state index in [0.717, 1.165) is 17.5 Å². The Morgan fingerprint density at radius 2 is 1.73 bits per heavy atom. The first kappa shape index (κ1) is 20.1. The summed E-state index contributed by atoms with van der Waals surface area (Å²) in [6.45, 7) is -1.51. The third-order valence-corrected chi connectivity index (χ3v) is 3.92. The number of rotatable bonds is 9. The zero-order valence-corrected chi connectivity index (χ0v) is 15.2. The lowest BCUT2D eigenvalue weighted by Crippen LogP contribution is -2.35. The lowest BCUT2D eigenvalue weighted by Gasteiger charge is -2.16. The van der Waals surface area contributed by atoms with E-state index in [1.807, 2.05) is 36.2 Å². The van der Waals surface area contributed by atoms with Crippen molar-refractivity contribution in [3.8, 4) is 5.75 Å². The Balaban J connectivity index is 1.70. The van der Waals surface area contributed by atoms with Crippen molar-refractivity contribution in [2.45, 2.75) is 19.6 Å². The number of ether oxygens (including phenoxy) is 1. The smallest absolute Gasteiger partial charge is 0.387 e. The number of carbonyl (C=O) groups excluding carboxylic acids is 1. The molecule has 140 valence electrons. The molecule has 0 bridgehead atoms. The van der Waals surface area contributed by atoms with Crippen molar-refractivity contribution in [1.29, 1.82) is 0 Å². The number of alkyl halides is 2. The maximum absolute atomic E-state index is 12.1. The largest absolute Gasteiger partial charge is 0.435 e. The maximum atomic E-state index is 12.1. The molecular formula is C19H21ClF2N2O2. The van der Waals surface area contributed by atoms with E-state index in [4.69, 9.17) is 11.6 Å². The van der Waals surface area contributed by atoms with Crippen molar-refractivity contribution in [3.05, 3.63) is 64.7 Å². The van der Waals surface area contributed by atoms with Crippen LogP contribution in [-0.4, -0.2) is 37.6 Å². The monoisotopic (exact) mass is 382 g/mol. The lowest BCUT2D eigenvalue weighted by molar-refractivity contribution is -0.122. The fraction of sp³-hybridized carbons (Fsp3) is 0.316. The number of carbonyl (C=O) groups is 1. The van der Waals surface area contributed by atoms with Gasteiger partial charge >= 0.3 is 6.61 Å². The molecule has 2 rings (SSSR count). The summed E-state index contributed by atoms with van der Waals surface area (Å²) in [7, 11) is 1.82. The van der Waals surface area contributed by atoms with Crippen LogP contribution in [0.25, 0.3) is 0 Å². The van der Waals surface area contributed by atoms with Crippen molar-refractivity contribution in [3.63, 3.8) is 0 Å². The Kier molecular flexibility index (Phi) is 7.81. The summed E-state index contributed by atoms with van der Waals surface area (Å²) in [6.07, 6.45) is 0.734. The average molecular weight is 383 g/mol. The number of nitrogens with one attached hydrogen (secondary N) is 1. The van der Waals surface area contributed by atoms with Gasteiger partial charge in [0.2, 0.25) is 5.91 Å². The molecular weight excluding hydrogens is 362 g/mol. The third-order valence-electron chi connectivity index (χ3n) is 3.66. The fourth-order valence-corrected chi connectivity index (χ4v) is 2.57. The van der Waals surface area contributed by atoms with Crippen LogP contribution in [0.1, 0.15) is 11.1 Å². The zero-order valence-electron chi connectivity index (χ0n) is 14.4. The van der Waals surface area contributed by atoms with Gasteiger partial charge in [0.25, 0.3) is 0 Å². The van der Waals surface area contributed by atoms with Crippen molar-refractivity contribution in [2.24, 2.45) is 0 Å². The van der Waals surface area contributed by atoms with Crippen LogP contribution in [0.2, 0.25) is 5.02 Å². The highest BCUT2D eigenvalue weighted by atomic mass is 35.5. The summed E-state index contributed by atoms with van der Waals surface area (Å²) in [6, 6.07) is 13.9. The zero-order chi connectivity index (χ0) is 18.9. The van der Waals surface area contributed by atoms with Gasteiger partial charge in [-0.2, -0.15) is 8.78 Å². The van der Waals surface area contributed by atoms with Gasteiger partial charge in [-0.25, -0.2) is 0 Å². The van der Waals surface area contributed by atoms with Crippen LogP contribution in [0, 0.1) is 0 Å². The molecule has 26 heavy (non-hydrogen) atoms. The van der Waals surface area contributed by atoms with Crippen LogP contribution in [0.5, 0.6) is 5.75 Å². The van der Waals surface area contributed by atoms with Crippen LogP contribution < -0.4 is 10.1 Å². The molecule has 0 radical (unpaired) electrons. The number of halogens is 3. The van der Waals surface area contributed by atoms with E-state index in [-0.39, 0.29) is 18.2 Å². The summed E-state index contributed by atoms with van der Waals surface area (Å²) in [5.74, 6) is 0.0467. The topological polar surface area (TPSA) is 41.6 Å². The molecule has 2 aromatic carbocycles. The molecule has 4 nitrogen and oxygen atoms in total. The molecule has 2 aromatic rings. The quantitative estimate of drug-likeness (QED) is 0.718. The summed E-state index contributed by atoms with van der Waals surface area (Å²) in [4.78, 5) is 13.8. The highest BCUT2D eigenvalue weighted by Gasteiger charge is 2.08. The van der Waals surface area contributed by atoms with Crippen molar-refractivity contribution in [2.75, 3.05) is 20.1 Å². The SMILES string of the molecule is CN(CC(=O)NCCc1ccc(Cl)cc1)Cc1ccc(OC(F)F)cc1. The predicted octanol–water partition coefficient (Wildman–Crippen LogP) is 3.73. The minimum Gasteiger partial charge on any atom is -0.435 e. The molecule has 0 aliphatic carbocycles. The van der Waals surface area contributed by atoms with Crippen LogP contribution >= 0.6 is 11.6 Å². The third kappa shape index (κ3) is 7.37. The molecule has 0 aromatic heterocycles. The second-order valence-electron chi connectivity index (χ2n) is 5.92. The molecule has 0 heterocycles. The average Bonchev–Trinajstić information content (AvgIpc) is 2.58. The number of hydrogen-bond acceptors (Lipinski definition) is 3. The number of hydrogen-bond donors (Lipinski definition) is 1. The van der Waals surface area contributed by atoms with E-state index in [0.29, 0.717) is 18.1 Å². The number of nitrogens with zero attached hydrogens (tertiary/aromatic N) is 1.